The van der Waals surface area contributed by atoms with Crippen molar-refractivity contribution in [3.05, 3.63) is 70.9 Å². The number of amides is 1. The van der Waals surface area contributed by atoms with Crippen LogP contribution in [0.5, 0.6) is 0 Å². The minimum Gasteiger partial charge on any atom is -0.388 e. The van der Waals surface area contributed by atoms with E-state index in [0.29, 0.717) is 16.4 Å². The first kappa shape index (κ1) is 28.3. The van der Waals surface area contributed by atoms with Gasteiger partial charge in [0.15, 0.2) is 11.3 Å². The van der Waals surface area contributed by atoms with Gasteiger partial charge in [0.05, 0.1) is 30.5 Å². The van der Waals surface area contributed by atoms with Gasteiger partial charge in [-0.05, 0) is 43.2 Å². The van der Waals surface area contributed by atoms with Crippen LogP contribution in [0.3, 0.4) is 0 Å². The number of nitrogens with zero attached hydrogens (tertiary/aromatic N) is 7. The highest BCUT2D eigenvalue weighted by Crippen LogP contribution is 2.30. The van der Waals surface area contributed by atoms with Gasteiger partial charge in [0.2, 0.25) is 5.91 Å². The van der Waals surface area contributed by atoms with E-state index >= 15 is 0 Å². The van der Waals surface area contributed by atoms with Gasteiger partial charge in [-0.2, -0.15) is 23.4 Å². The van der Waals surface area contributed by atoms with Crippen LogP contribution in [0, 0.1) is 5.82 Å². The number of piperidine rings is 1. The molecule has 1 atom stereocenters. The fourth-order valence-corrected chi connectivity index (χ4v) is 4.76. The fraction of sp³-hybridized carbons (Fsp3) is 0.400. The summed E-state index contributed by atoms with van der Waals surface area (Å²) in [6, 6.07) is 4.10. The van der Waals surface area contributed by atoms with E-state index in [1.54, 1.807) is 0 Å². The van der Waals surface area contributed by atoms with Gasteiger partial charge in [0.25, 0.3) is 12.0 Å². The van der Waals surface area contributed by atoms with E-state index in [0.717, 1.165) is 6.20 Å². The molecule has 3 aromatic heterocycles. The number of aromatic nitrogens is 6. The normalized spacial score (nSPS) is 16.4. The van der Waals surface area contributed by atoms with Crippen molar-refractivity contribution in [1.29, 1.82) is 0 Å². The molecule has 1 saturated heterocycles. The summed E-state index contributed by atoms with van der Waals surface area (Å²) in [5.41, 5.74) is -2.52. The Hall–Kier alpha value is -4.21. The standard InChI is InChI=1S/C25H23F6N7O3/c26-15-1-3-16(4-2-15)38-22-17(12-33-38)23(40)36(14-32-22)13-24(41)6-9-35(10-7-24)20(39)11-18(21(27)28)37-8-5-19(34-37)25(29,30)31/h1-5,8,12,14,18,21,41H,6-7,9-11,13H2/t18-/m1/s1. The van der Waals surface area contributed by atoms with Crippen molar-refractivity contribution in [3.63, 3.8) is 0 Å². The Balaban J connectivity index is 1.24. The van der Waals surface area contributed by atoms with Crippen LogP contribution in [0.2, 0.25) is 0 Å². The van der Waals surface area contributed by atoms with E-state index in [2.05, 4.69) is 15.2 Å². The first-order chi connectivity index (χ1) is 19.3. The second-order valence-electron chi connectivity index (χ2n) is 9.84. The Morgan fingerprint density at radius 3 is 2.39 bits per heavy atom. The largest absolute Gasteiger partial charge is 0.435 e. The predicted molar refractivity (Wildman–Crippen MR) is 131 cm³/mol. The maximum Gasteiger partial charge on any atom is 0.435 e. The van der Waals surface area contributed by atoms with Gasteiger partial charge in [-0.25, -0.2) is 22.8 Å². The summed E-state index contributed by atoms with van der Waals surface area (Å²) < 4.78 is 82.1. The molecule has 4 heterocycles. The molecule has 5 rings (SSSR count). The second-order valence-corrected chi connectivity index (χ2v) is 9.84. The van der Waals surface area contributed by atoms with Crippen LogP contribution in [0.25, 0.3) is 16.7 Å². The number of halogens is 6. The molecule has 1 fully saturated rings. The molecule has 0 saturated carbocycles. The number of benzene rings is 1. The van der Waals surface area contributed by atoms with Gasteiger partial charge in [-0.1, -0.05) is 0 Å². The molecule has 10 nitrogen and oxygen atoms in total. The van der Waals surface area contributed by atoms with E-state index in [9.17, 15) is 41.0 Å². The summed E-state index contributed by atoms with van der Waals surface area (Å²) in [7, 11) is 0. The quantitative estimate of drug-likeness (QED) is 0.335. The predicted octanol–water partition coefficient (Wildman–Crippen LogP) is 3.19. The van der Waals surface area contributed by atoms with Gasteiger partial charge in [0, 0.05) is 19.3 Å². The summed E-state index contributed by atoms with van der Waals surface area (Å²) >= 11 is 0. The van der Waals surface area contributed by atoms with Crippen molar-refractivity contribution in [3.8, 4) is 5.69 Å². The lowest BCUT2D eigenvalue weighted by Gasteiger charge is -2.38. The molecule has 0 spiro atoms. The number of alkyl halides is 5. The average Bonchev–Trinajstić information content (AvgIpc) is 3.58. The minimum atomic E-state index is -4.82. The first-order valence-electron chi connectivity index (χ1n) is 12.4. The van der Waals surface area contributed by atoms with Crippen molar-refractivity contribution in [2.75, 3.05) is 13.1 Å². The topological polar surface area (TPSA) is 111 Å². The molecule has 0 aliphatic carbocycles. The lowest BCUT2D eigenvalue weighted by atomic mass is 9.91. The van der Waals surface area contributed by atoms with Crippen LogP contribution >= 0.6 is 0 Å². The molecule has 218 valence electrons. The number of hydrogen-bond acceptors (Lipinski definition) is 6. The molecule has 1 aliphatic rings. The highest BCUT2D eigenvalue weighted by atomic mass is 19.4. The number of hydrogen-bond donors (Lipinski definition) is 1. The van der Waals surface area contributed by atoms with E-state index in [1.807, 2.05) is 0 Å². The van der Waals surface area contributed by atoms with Crippen molar-refractivity contribution >= 4 is 16.9 Å². The van der Waals surface area contributed by atoms with Crippen LogP contribution < -0.4 is 5.56 Å². The highest BCUT2D eigenvalue weighted by Gasteiger charge is 2.38. The molecule has 0 radical (unpaired) electrons. The molecule has 0 bridgehead atoms. The molecular weight excluding hydrogens is 560 g/mol. The zero-order valence-corrected chi connectivity index (χ0v) is 21.2. The Bertz CT molecular complexity index is 1600. The zero-order valence-electron chi connectivity index (χ0n) is 21.2. The first-order valence-corrected chi connectivity index (χ1v) is 12.4. The third-order valence-electron chi connectivity index (χ3n) is 7.05. The number of carbonyl (C=O) groups is 1. The SMILES string of the molecule is O=C(C[C@H](C(F)F)n1ccc(C(F)(F)F)n1)N1CCC(O)(Cn2cnc3c(cnn3-c3ccc(F)cc3)c2=O)CC1. The smallest absolute Gasteiger partial charge is 0.388 e. The van der Waals surface area contributed by atoms with Gasteiger partial charge >= 0.3 is 6.18 Å². The Labute approximate surface area is 227 Å². The molecular formula is C25H23F6N7O3. The van der Waals surface area contributed by atoms with Gasteiger partial charge < -0.3 is 10.0 Å². The lowest BCUT2D eigenvalue weighted by molar-refractivity contribution is -0.141. The highest BCUT2D eigenvalue weighted by molar-refractivity contribution is 5.77. The van der Waals surface area contributed by atoms with Crippen molar-refractivity contribution < 1.29 is 36.2 Å². The average molecular weight is 583 g/mol. The van der Waals surface area contributed by atoms with Crippen molar-refractivity contribution in [2.24, 2.45) is 0 Å². The maximum atomic E-state index is 13.6. The summed E-state index contributed by atoms with van der Waals surface area (Å²) in [4.78, 5) is 31.4. The third kappa shape index (κ3) is 5.82. The Morgan fingerprint density at radius 2 is 1.78 bits per heavy atom. The molecule has 1 aromatic carbocycles. The number of likely N-dealkylation sites (tertiary alicyclic amines) is 1. The Morgan fingerprint density at radius 1 is 1.10 bits per heavy atom. The summed E-state index contributed by atoms with van der Waals surface area (Å²) in [6.45, 7) is -0.206. The van der Waals surface area contributed by atoms with E-state index < -0.39 is 53.6 Å². The summed E-state index contributed by atoms with van der Waals surface area (Å²) in [6.07, 6.45) is -5.41. The van der Waals surface area contributed by atoms with Gasteiger partial charge in [-0.3, -0.25) is 18.8 Å². The van der Waals surface area contributed by atoms with E-state index in [-0.39, 0.29) is 43.5 Å². The van der Waals surface area contributed by atoms with Crippen LogP contribution in [0.15, 0.2) is 53.8 Å². The molecule has 1 N–H and O–H groups in total. The monoisotopic (exact) mass is 583 g/mol. The second kappa shape index (κ2) is 10.6. The molecule has 4 aromatic rings. The van der Waals surface area contributed by atoms with Gasteiger partial charge in [0.1, 0.15) is 23.6 Å². The minimum absolute atomic E-state index is 0.0113. The van der Waals surface area contributed by atoms with Crippen molar-refractivity contribution in [1.82, 2.24) is 34.0 Å². The van der Waals surface area contributed by atoms with Gasteiger partial charge in [-0.15, -0.1) is 0 Å². The van der Waals surface area contributed by atoms with E-state index in [4.69, 9.17) is 0 Å². The Kier molecular flexibility index (Phi) is 7.35. The van der Waals surface area contributed by atoms with Crippen molar-refractivity contribution in [2.45, 2.75) is 50.1 Å². The van der Waals surface area contributed by atoms with Crippen LogP contribution in [-0.4, -0.2) is 70.1 Å². The van der Waals surface area contributed by atoms with Crippen LogP contribution in [0.4, 0.5) is 26.3 Å². The third-order valence-corrected chi connectivity index (χ3v) is 7.05. The van der Waals surface area contributed by atoms with Crippen LogP contribution in [0.1, 0.15) is 31.0 Å². The van der Waals surface area contributed by atoms with Crippen LogP contribution in [-0.2, 0) is 17.5 Å². The lowest BCUT2D eigenvalue weighted by Crippen LogP contribution is -2.50. The summed E-state index contributed by atoms with van der Waals surface area (Å²) in [5.74, 6) is -1.16. The molecule has 1 amide bonds. The maximum absolute atomic E-state index is 13.6. The number of aliphatic hydroxyl groups is 1. The molecule has 41 heavy (non-hydrogen) atoms. The summed E-state index contributed by atoms with van der Waals surface area (Å²) in [5, 5.41) is 18.6. The number of carbonyl (C=O) groups excluding carboxylic acids is 1. The number of rotatable bonds is 7. The molecule has 16 heteroatoms. The fourth-order valence-electron chi connectivity index (χ4n) is 4.76. The molecule has 1 aliphatic heterocycles. The van der Waals surface area contributed by atoms with E-state index in [1.165, 1.54) is 50.9 Å². The number of fused-ring (bicyclic) bond motifs is 1. The molecule has 0 unspecified atom stereocenters. The zero-order chi connectivity index (χ0) is 29.5.